The van der Waals surface area contributed by atoms with E-state index in [-0.39, 0.29) is 0 Å². The monoisotopic (exact) mass is 419 g/mol. The summed E-state index contributed by atoms with van der Waals surface area (Å²) >= 11 is 0. The van der Waals surface area contributed by atoms with Crippen molar-refractivity contribution in [3.05, 3.63) is 23.0 Å². The minimum absolute atomic E-state index is 0.416. The third-order valence-electron chi connectivity index (χ3n) is 4.96. The molecule has 1 N–H and O–H groups in total. The van der Waals surface area contributed by atoms with Crippen molar-refractivity contribution in [2.45, 2.75) is 78.4 Å². The predicted molar refractivity (Wildman–Crippen MR) is 102 cm³/mol. The van der Waals surface area contributed by atoms with E-state index in [2.05, 4.69) is 5.32 Å². The topological polar surface area (TPSA) is 56.8 Å². The fraction of sp³-hybridized carbons (Fsp3) is 0.632. The zero-order valence-corrected chi connectivity index (χ0v) is 17.8. The summed E-state index contributed by atoms with van der Waals surface area (Å²) in [5.74, 6) is -1.21. The third kappa shape index (κ3) is 4.86. The highest BCUT2D eigenvalue weighted by Gasteiger charge is 2.54. The second-order valence-electron chi connectivity index (χ2n) is 9.04. The van der Waals surface area contributed by atoms with Crippen LogP contribution >= 0.6 is 0 Å². The standard InChI is InChI=1S/C19H26BF4NO4/c1-10-13(19(22,23)24)11(20-28-17(5,6)18(7,8)29-20)9-12(14(10)21)25-15(26)27-16(2,3)4/h9H,1-8H3,(H,25,26). The van der Waals surface area contributed by atoms with E-state index >= 15 is 0 Å². The lowest BCUT2D eigenvalue weighted by molar-refractivity contribution is -0.137. The van der Waals surface area contributed by atoms with E-state index in [1.165, 1.54) is 0 Å². The highest BCUT2D eigenvalue weighted by Crippen LogP contribution is 2.40. The van der Waals surface area contributed by atoms with E-state index in [1.54, 1.807) is 48.5 Å². The summed E-state index contributed by atoms with van der Waals surface area (Å²) in [4.78, 5) is 12.0. The Hall–Kier alpha value is -1.81. The number of hydrogen-bond acceptors (Lipinski definition) is 4. The number of nitrogens with one attached hydrogen (secondary N) is 1. The van der Waals surface area contributed by atoms with Gasteiger partial charge in [0.25, 0.3) is 0 Å². The van der Waals surface area contributed by atoms with Crippen LogP contribution in [-0.2, 0) is 20.2 Å². The van der Waals surface area contributed by atoms with Crippen LogP contribution in [0.15, 0.2) is 6.07 Å². The van der Waals surface area contributed by atoms with Gasteiger partial charge in [-0.3, -0.25) is 5.32 Å². The number of carbonyl (C=O) groups is 1. The van der Waals surface area contributed by atoms with Gasteiger partial charge in [-0.1, -0.05) is 0 Å². The Kier molecular flexibility index (Phi) is 5.79. The van der Waals surface area contributed by atoms with Gasteiger partial charge < -0.3 is 14.0 Å². The number of hydrogen-bond donors (Lipinski definition) is 1. The Balaban J connectivity index is 2.57. The van der Waals surface area contributed by atoms with E-state index < -0.39 is 64.3 Å². The summed E-state index contributed by atoms with van der Waals surface area (Å²) in [6.45, 7) is 12.6. The summed E-state index contributed by atoms with van der Waals surface area (Å²) in [5, 5.41) is 2.18. The smallest absolute Gasteiger partial charge is 0.444 e. The first kappa shape index (κ1) is 23.5. The van der Waals surface area contributed by atoms with Crippen molar-refractivity contribution in [1.29, 1.82) is 0 Å². The molecular formula is C19H26BF4NO4. The lowest BCUT2D eigenvalue weighted by Gasteiger charge is -2.32. The highest BCUT2D eigenvalue weighted by atomic mass is 19.4. The van der Waals surface area contributed by atoms with Crippen LogP contribution in [-0.4, -0.2) is 30.0 Å². The van der Waals surface area contributed by atoms with Crippen LogP contribution in [0.4, 0.5) is 28.0 Å². The number of anilines is 1. The van der Waals surface area contributed by atoms with Crippen molar-refractivity contribution in [2.75, 3.05) is 5.32 Å². The first-order valence-electron chi connectivity index (χ1n) is 9.11. The number of ether oxygens (including phenoxy) is 1. The SMILES string of the molecule is Cc1c(F)c(NC(=O)OC(C)(C)C)cc(B2OC(C)(C)C(C)(C)O2)c1C(F)(F)F. The Morgan fingerprint density at radius 2 is 1.59 bits per heavy atom. The maximum atomic E-state index is 14.7. The molecule has 1 heterocycles. The fourth-order valence-electron chi connectivity index (χ4n) is 2.86. The van der Waals surface area contributed by atoms with Crippen molar-refractivity contribution < 1.29 is 36.4 Å². The van der Waals surface area contributed by atoms with Gasteiger partial charge in [0.2, 0.25) is 0 Å². The van der Waals surface area contributed by atoms with Gasteiger partial charge in [0.1, 0.15) is 11.4 Å². The number of rotatable bonds is 2. The Bertz CT molecular complexity index is 800. The number of benzene rings is 1. The summed E-state index contributed by atoms with van der Waals surface area (Å²) < 4.78 is 72.5. The quantitative estimate of drug-likeness (QED) is 0.553. The van der Waals surface area contributed by atoms with Crippen LogP contribution in [0.5, 0.6) is 0 Å². The van der Waals surface area contributed by atoms with Crippen molar-refractivity contribution >= 4 is 24.4 Å². The molecular weight excluding hydrogens is 393 g/mol. The predicted octanol–water partition coefficient (Wildman–Crippen LogP) is 4.80. The van der Waals surface area contributed by atoms with Gasteiger partial charge in [0.15, 0.2) is 0 Å². The molecule has 10 heteroatoms. The molecule has 0 saturated carbocycles. The van der Waals surface area contributed by atoms with Crippen LogP contribution in [0, 0.1) is 12.7 Å². The molecule has 162 valence electrons. The Morgan fingerprint density at radius 1 is 1.10 bits per heavy atom. The van der Waals surface area contributed by atoms with Gasteiger partial charge in [-0.2, -0.15) is 13.2 Å². The van der Waals surface area contributed by atoms with Crippen molar-refractivity contribution in [1.82, 2.24) is 0 Å². The van der Waals surface area contributed by atoms with E-state index in [1.807, 2.05) is 0 Å². The van der Waals surface area contributed by atoms with Gasteiger partial charge >= 0.3 is 19.4 Å². The van der Waals surface area contributed by atoms with E-state index in [4.69, 9.17) is 14.0 Å². The molecule has 1 fully saturated rings. The highest BCUT2D eigenvalue weighted by molar-refractivity contribution is 6.63. The third-order valence-corrected chi connectivity index (χ3v) is 4.96. The second kappa shape index (κ2) is 7.16. The molecule has 0 aliphatic carbocycles. The second-order valence-corrected chi connectivity index (χ2v) is 9.04. The summed E-state index contributed by atoms with van der Waals surface area (Å²) in [5.41, 5.74) is -5.39. The van der Waals surface area contributed by atoms with Gasteiger partial charge in [-0.25, -0.2) is 9.18 Å². The molecule has 1 aliphatic rings. The lowest BCUT2D eigenvalue weighted by Crippen LogP contribution is -2.41. The molecule has 1 amide bonds. The Labute approximate surface area is 168 Å². The molecule has 0 atom stereocenters. The van der Waals surface area contributed by atoms with E-state index in [0.29, 0.717) is 0 Å². The molecule has 0 radical (unpaired) electrons. The van der Waals surface area contributed by atoms with Crippen molar-refractivity contribution in [2.24, 2.45) is 0 Å². The van der Waals surface area contributed by atoms with Gasteiger partial charge in [-0.05, 0) is 72.5 Å². The minimum Gasteiger partial charge on any atom is -0.444 e. The molecule has 29 heavy (non-hydrogen) atoms. The van der Waals surface area contributed by atoms with Gasteiger partial charge in [0.05, 0.1) is 22.5 Å². The molecule has 2 rings (SSSR count). The normalized spacial score (nSPS) is 18.7. The first-order valence-corrected chi connectivity index (χ1v) is 9.11. The largest absolute Gasteiger partial charge is 0.495 e. The van der Waals surface area contributed by atoms with Gasteiger partial charge in [0, 0.05) is 0 Å². The number of halogens is 4. The summed E-state index contributed by atoms with van der Waals surface area (Å²) in [7, 11) is -1.39. The number of alkyl halides is 3. The average Bonchev–Trinajstić information content (AvgIpc) is 2.68. The summed E-state index contributed by atoms with van der Waals surface area (Å²) in [6.07, 6.45) is -5.84. The molecule has 0 aromatic heterocycles. The van der Waals surface area contributed by atoms with Crippen molar-refractivity contribution in [3.8, 4) is 0 Å². The van der Waals surface area contributed by atoms with Crippen LogP contribution in [0.3, 0.4) is 0 Å². The molecule has 0 spiro atoms. The zero-order chi connectivity index (χ0) is 22.6. The average molecular weight is 419 g/mol. The van der Waals surface area contributed by atoms with E-state index in [0.717, 1.165) is 13.0 Å². The molecule has 5 nitrogen and oxygen atoms in total. The molecule has 1 aliphatic heterocycles. The molecule has 1 aromatic rings. The molecule has 0 bridgehead atoms. The zero-order valence-electron chi connectivity index (χ0n) is 17.8. The molecule has 1 saturated heterocycles. The maximum Gasteiger partial charge on any atom is 0.495 e. The van der Waals surface area contributed by atoms with Crippen LogP contribution in [0.1, 0.15) is 59.6 Å². The minimum atomic E-state index is -4.85. The number of amides is 1. The van der Waals surface area contributed by atoms with Crippen LogP contribution in [0.2, 0.25) is 0 Å². The maximum absolute atomic E-state index is 14.7. The molecule has 1 aromatic carbocycles. The van der Waals surface area contributed by atoms with Crippen LogP contribution < -0.4 is 10.8 Å². The first-order chi connectivity index (χ1) is 12.9. The number of carbonyl (C=O) groups excluding carboxylic acids is 1. The lowest BCUT2D eigenvalue weighted by atomic mass is 9.74. The van der Waals surface area contributed by atoms with Crippen LogP contribution in [0.25, 0.3) is 0 Å². The van der Waals surface area contributed by atoms with Gasteiger partial charge in [-0.15, -0.1) is 0 Å². The van der Waals surface area contributed by atoms with E-state index in [9.17, 15) is 22.4 Å². The van der Waals surface area contributed by atoms with Crippen molar-refractivity contribution in [3.63, 3.8) is 0 Å². The fourth-order valence-corrected chi connectivity index (χ4v) is 2.86. The molecule has 0 unspecified atom stereocenters. The summed E-state index contributed by atoms with van der Waals surface area (Å²) in [6, 6.07) is 0.886. The Morgan fingerprint density at radius 3 is 2.00 bits per heavy atom.